The monoisotopic (exact) mass is 418 g/mol. The van der Waals surface area contributed by atoms with Gasteiger partial charge >= 0.3 is 5.97 Å². The summed E-state index contributed by atoms with van der Waals surface area (Å²) in [6.45, 7) is 5.18. The number of ether oxygens (including phenoxy) is 3. The molecule has 0 amide bonds. The molecule has 0 unspecified atom stereocenters. The number of esters is 1. The Hall–Kier alpha value is -1.10. The van der Waals surface area contributed by atoms with Crippen molar-refractivity contribution >= 4 is 11.8 Å². The molecule has 0 aromatic rings. The summed E-state index contributed by atoms with van der Waals surface area (Å²) in [7, 11) is 1.32. The molecule has 8 atom stereocenters. The van der Waals surface area contributed by atoms with Crippen LogP contribution in [-0.4, -0.2) is 82.7 Å². The second-order valence-corrected chi connectivity index (χ2v) is 8.87. The molecule has 9 nitrogen and oxygen atoms in total. The Morgan fingerprint density at radius 1 is 1.24 bits per heavy atom. The fourth-order valence-electron chi connectivity index (χ4n) is 4.53. The number of carbonyl (C=O) groups excluding carboxylic acids is 2. The molecule has 1 aliphatic heterocycles. The third-order valence-electron chi connectivity index (χ3n) is 6.19. The van der Waals surface area contributed by atoms with E-state index in [0.717, 1.165) is 0 Å². The van der Waals surface area contributed by atoms with E-state index in [1.165, 1.54) is 7.11 Å². The van der Waals surface area contributed by atoms with E-state index in [0.29, 0.717) is 19.3 Å². The van der Waals surface area contributed by atoms with Gasteiger partial charge in [0.1, 0.15) is 30.2 Å². The van der Waals surface area contributed by atoms with Crippen LogP contribution in [0, 0.1) is 17.3 Å². The van der Waals surface area contributed by atoms with Crippen molar-refractivity contribution in [3.05, 3.63) is 0 Å². The van der Waals surface area contributed by atoms with E-state index in [9.17, 15) is 30.0 Å². The molecule has 0 radical (unpaired) electrons. The molecule has 2 aliphatic rings. The van der Waals surface area contributed by atoms with Crippen LogP contribution in [0.15, 0.2) is 0 Å². The number of ketones is 1. The summed E-state index contributed by atoms with van der Waals surface area (Å²) in [4.78, 5) is 24.3. The van der Waals surface area contributed by atoms with Gasteiger partial charge in [-0.05, 0) is 31.1 Å². The van der Waals surface area contributed by atoms with E-state index in [4.69, 9.17) is 14.2 Å². The van der Waals surface area contributed by atoms with Crippen molar-refractivity contribution in [1.82, 2.24) is 0 Å². The molecule has 1 heterocycles. The van der Waals surface area contributed by atoms with Gasteiger partial charge < -0.3 is 34.6 Å². The van der Waals surface area contributed by atoms with E-state index in [1.807, 2.05) is 13.8 Å². The van der Waals surface area contributed by atoms with Crippen molar-refractivity contribution in [2.45, 2.75) is 83.3 Å². The maximum atomic E-state index is 12.2. The average Bonchev–Trinajstić information content (AvgIpc) is 2.65. The topological polar surface area (TPSA) is 143 Å². The van der Waals surface area contributed by atoms with Gasteiger partial charge in [-0.3, -0.25) is 9.59 Å². The minimum Gasteiger partial charge on any atom is -0.469 e. The van der Waals surface area contributed by atoms with Crippen molar-refractivity contribution in [3.8, 4) is 0 Å². The molecular weight excluding hydrogens is 384 g/mol. The normalized spacial score (nSPS) is 38.5. The third-order valence-corrected chi connectivity index (χ3v) is 6.19. The molecule has 1 aliphatic carbocycles. The number of carbonyl (C=O) groups is 2. The predicted molar refractivity (Wildman–Crippen MR) is 101 cm³/mol. The van der Waals surface area contributed by atoms with Crippen LogP contribution >= 0.6 is 0 Å². The lowest BCUT2D eigenvalue weighted by atomic mass is 9.61. The maximum Gasteiger partial charge on any atom is 0.309 e. The van der Waals surface area contributed by atoms with E-state index >= 15 is 0 Å². The van der Waals surface area contributed by atoms with E-state index in [-0.39, 0.29) is 23.5 Å². The molecule has 2 fully saturated rings. The van der Waals surface area contributed by atoms with Crippen LogP contribution in [0.5, 0.6) is 0 Å². The van der Waals surface area contributed by atoms with Crippen LogP contribution in [-0.2, 0) is 23.8 Å². The predicted octanol–water partition coefficient (Wildman–Crippen LogP) is -0.234. The van der Waals surface area contributed by atoms with Crippen LogP contribution in [0.1, 0.15) is 46.5 Å². The molecule has 0 bridgehead atoms. The lowest BCUT2D eigenvalue weighted by Crippen LogP contribution is -2.59. The van der Waals surface area contributed by atoms with Crippen LogP contribution in [0.2, 0.25) is 0 Å². The minimum atomic E-state index is -1.50. The Morgan fingerprint density at radius 2 is 1.90 bits per heavy atom. The van der Waals surface area contributed by atoms with Gasteiger partial charge in [0.15, 0.2) is 6.29 Å². The molecule has 0 aromatic carbocycles. The highest BCUT2D eigenvalue weighted by Gasteiger charge is 2.47. The van der Waals surface area contributed by atoms with Gasteiger partial charge in [0.2, 0.25) is 0 Å². The number of methoxy groups -OCH3 is 1. The number of aliphatic hydroxyl groups excluding tert-OH is 4. The molecule has 0 aromatic heterocycles. The zero-order valence-corrected chi connectivity index (χ0v) is 17.5. The number of hydrogen-bond donors (Lipinski definition) is 4. The molecule has 2 rings (SSSR count). The molecular formula is C20H34O9. The van der Waals surface area contributed by atoms with E-state index < -0.39 is 55.3 Å². The summed E-state index contributed by atoms with van der Waals surface area (Å²) < 4.78 is 16.0. The highest BCUT2D eigenvalue weighted by molar-refractivity contribution is 5.86. The van der Waals surface area contributed by atoms with Crippen molar-refractivity contribution < 1.29 is 44.2 Å². The van der Waals surface area contributed by atoms with Gasteiger partial charge in [-0.1, -0.05) is 13.8 Å². The number of Topliss-reactive ketones (excluding diaryl/α,β-unsaturated/α-hetero) is 1. The zero-order valence-electron chi connectivity index (χ0n) is 17.5. The Labute approximate surface area is 171 Å². The minimum absolute atomic E-state index is 0.0484. The van der Waals surface area contributed by atoms with E-state index in [2.05, 4.69) is 0 Å². The Bertz CT molecular complexity index is 576. The summed E-state index contributed by atoms with van der Waals surface area (Å²) in [5.74, 6) is -0.921. The number of aliphatic hydroxyl groups is 4. The smallest absolute Gasteiger partial charge is 0.309 e. The van der Waals surface area contributed by atoms with Crippen molar-refractivity contribution in [2.24, 2.45) is 17.3 Å². The quantitative estimate of drug-likeness (QED) is 0.412. The largest absolute Gasteiger partial charge is 0.469 e. The van der Waals surface area contributed by atoms with Gasteiger partial charge in [-0.15, -0.1) is 0 Å². The Morgan fingerprint density at radius 3 is 2.48 bits per heavy atom. The molecule has 1 saturated carbocycles. The first-order valence-electron chi connectivity index (χ1n) is 10.1. The first kappa shape index (κ1) is 24.2. The third kappa shape index (κ3) is 5.53. The molecule has 168 valence electrons. The summed E-state index contributed by atoms with van der Waals surface area (Å²) in [5.41, 5.74) is -0.364. The van der Waals surface area contributed by atoms with Crippen molar-refractivity contribution in [3.63, 3.8) is 0 Å². The van der Waals surface area contributed by atoms with Gasteiger partial charge in [0.25, 0.3) is 0 Å². The van der Waals surface area contributed by atoms with Crippen LogP contribution in [0.3, 0.4) is 0 Å². The second kappa shape index (κ2) is 9.80. The Kier molecular flexibility index (Phi) is 8.17. The molecule has 29 heavy (non-hydrogen) atoms. The standard InChI is InChI=1S/C20H34O9/c1-10(28-19-17(25)16(24)15(23)14(9-21)29-19)5-6-13-12(18(26)27-4)7-11(22)8-20(13,2)3/h10,12-17,19,21,23-25H,5-9H2,1-4H3/t10-,12+,13+,14+,15+,16-,17+,19+/m0/s1. The van der Waals surface area contributed by atoms with Gasteiger partial charge in [-0.25, -0.2) is 0 Å². The average molecular weight is 418 g/mol. The summed E-state index contributed by atoms with van der Waals surface area (Å²) in [6.07, 6.45) is -5.34. The molecule has 1 saturated heterocycles. The first-order chi connectivity index (χ1) is 13.5. The summed E-state index contributed by atoms with van der Waals surface area (Å²) in [6, 6.07) is 0. The lowest BCUT2D eigenvalue weighted by molar-refractivity contribution is -0.310. The number of hydrogen-bond acceptors (Lipinski definition) is 9. The van der Waals surface area contributed by atoms with Crippen molar-refractivity contribution in [2.75, 3.05) is 13.7 Å². The molecule has 0 spiro atoms. The highest BCUT2D eigenvalue weighted by atomic mass is 16.7. The van der Waals surface area contributed by atoms with Crippen LogP contribution < -0.4 is 0 Å². The van der Waals surface area contributed by atoms with Crippen LogP contribution in [0.4, 0.5) is 0 Å². The Balaban J connectivity index is 2.00. The fraction of sp³-hybridized carbons (Fsp3) is 0.900. The number of rotatable bonds is 7. The van der Waals surface area contributed by atoms with Crippen LogP contribution in [0.25, 0.3) is 0 Å². The zero-order chi connectivity index (χ0) is 21.9. The lowest BCUT2D eigenvalue weighted by Gasteiger charge is -2.43. The van der Waals surface area contributed by atoms with E-state index in [1.54, 1.807) is 6.92 Å². The summed E-state index contributed by atoms with van der Waals surface area (Å²) in [5, 5.41) is 39.1. The maximum absolute atomic E-state index is 12.2. The fourth-order valence-corrected chi connectivity index (χ4v) is 4.53. The summed E-state index contributed by atoms with van der Waals surface area (Å²) >= 11 is 0. The SMILES string of the molecule is COC(=O)[C@@H]1CC(=O)CC(C)(C)[C@@H]1CC[C@H](C)O[C@@H]1O[C@H](CO)[C@@H](O)[C@H](O)[C@H]1O. The van der Waals surface area contributed by atoms with Gasteiger partial charge in [-0.2, -0.15) is 0 Å². The molecule has 4 N–H and O–H groups in total. The first-order valence-corrected chi connectivity index (χ1v) is 10.1. The van der Waals surface area contributed by atoms with Gasteiger partial charge in [0.05, 0.1) is 25.7 Å². The second-order valence-electron chi connectivity index (χ2n) is 8.87. The highest BCUT2D eigenvalue weighted by Crippen LogP contribution is 2.45. The van der Waals surface area contributed by atoms with Crippen molar-refractivity contribution in [1.29, 1.82) is 0 Å². The van der Waals surface area contributed by atoms with Gasteiger partial charge in [0, 0.05) is 12.8 Å². The molecule has 9 heteroatoms.